The molecule has 6 nitrogen and oxygen atoms in total. The highest BCUT2D eigenvalue weighted by Gasteiger charge is 2.19. The molecule has 27 heavy (non-hydrogen) atoms. The molecular weight excluding hydrogens is 340 g/mol. The summed E-state index contributed by atoms with van der Waals surface area (Å²) in [6, 6.07) is 16.1. The maximum absolute atomic E-state index is 12.7. The number of rotatable bonds is 5. The van der Waals surface area contributed by atoms with Gasteiger partial charge in [0.1, 0.15) is 12.4 Å². The van der Waals surface area contributed by atoms with Crippen LogP contribution in [-0.4, -0.2) is 58.5 Å². The number of carbonyl (C=O) groups excluding carboxylic acids is 1. The molecule has 3 aromatic rings. The standard InChI is InChI=1S/C21H24N4O2/c1-23(10-11-25-16-22-18-7-3-4-8-19(18)25)21(26)15-24-12-13-27-20-9-5-2-6-17(20)14-24/h2-9,16H,10-15H2,1H3. The Bertz CT molecular complexity index is 937. The number of para-hydroxylation sites is 3. The molecule has 4 rings (SSSR count). The van der Waals surface area contributed by atoms with Gasteiger partial charge in [-0.15, -0.1) is 0 Å². The summed E-state index contributed by atoms with van der Waals surface area (Å²) >= 11 is 0. The zero-order valence-electron chi connectivity index (χ0n) is 15.5. The first-order valence-electron chi connectivity index (χ1n) is 9.27. The first kappa shape index (κ1) is 17.5. The van der Waals surface area contributed by atoms with Gasteiger partial charge in [-0.2, -0.15) is 0 Å². The number of nitrogens with zero attached hydrogens (tertiary/aromatic N) is 4. The molecule has 0 fully saturated rings. The first-order chi connectivity index (χ1) is 13.2. The third kappa shape index (κ3) is 3.95. The monoisotopic (exact) mass is 364 g/mol. The van der Waals surface area contributed by atoms with E-state index in [0.29, 0.717) is 19.7 Å². The number of hydrogen-bond acceptors (Lipinski definition) is 4. The molecule has 1 aliphatic rings. The average Bonchev–Trinajstić information content (AvgIpc) is 2.99. The van der Waals surface area contributed by atoms with Gasteiger partial charge in [0, 0.05) is 38.8 Å². The minimum atomic E-state index is 0.124. The molecule has 0 saturated heterocycles. The van der Waals surface area contributed by atoms with Crippen LogP contribution in [0.3, 0.4) is 0 Å². The van der Waals surface area contributed by atoms with Gasteiger partial charge in [0.05, 0.1) is 23.9 Å². The lowest BCUT2D eigenvalue weighted by Gasteiger charge is -2.23. The third-order valence-electron chi connectivity index (χ3n) is 5.02. The highest BCUT2D eigenvalue weighted by atomic mass is 16.5. The molecular formula is C21H24N4O2. The predicted molar refractivity (Wildman–Crippen MR) is 105 cm³/mol. The smallest absolute Gasteiger partial charge is 0.236 e. The van der Waals surface area contributed by atoms with Crippen molar-refractivity contribution in [2.75, 3.05) is 33.3 Å². The fourth-order valence-corrected chi connectivity index (χ4v) is 3.40. The van der Waals surface area contributed by atoms with Crippen molar-refractivity contribution in [3.8, 4) is 5.75 Å². The van der Waals surface area contributed by atoms with Gasteiger partial charge in [0.2, 0.25) is 5.91 Å². The van der Waals surface area contributed by atoms with Crippen LogP contribution in [0.2, 0.25) is 0 Å². The molecule has 0 spiro atoms. The molecule has 0 unspecified atom stereocenters. The lowest BCUT2D eigenvalue weighted by molar-refractivity contribution is -0.131. The second kappa shape index (κ2) is 7.80. The average molecular weight is 364 g/mol. The van der Waals surface area contributed by atoms with Crippen LogP contribution in [0.15, 0.2) is 54.9 Å². The van der Waals surface area contributed by atoms with Gasteiger partial charge in [0.15, 0.2) is 0 Å². The summed E-state index contributed by atoms with van der Waals surface area (Å²) in [4.78, 5) is 21.0. The molecule has 1 amide bonds. The van der Waals surface area contributed by atoms with Crippen molar-refractivity contribution >= 4 is 16.9 Å². The first-order valence-corrected chi connectivity index (χ1v) is 9.27. The molecule has 6 heteroatoms. The van der Waals surface area contributed by atoms with E-state index in [1.165, 1.54) is 0 Å². The van der Waals surface area contributed by atoms with Crippen LogP contribution in [0.4, 0.5) is 0 Å². The van der Waals surface area contributed by atoms with Gasteiger partial charge in [-0.1, -0.05) is 30.3 Å². The molecule has 0 atom stereocenters. The van der Waals surface area contributed by atoms with Crippen LogP contribution < -0.4 is 4.74 Å². The predicted octanol–water partition coefficient (Wildman–Crippen LogP) is 2.39. The van der Waals surface area contributed by atoms with E-state index in [1.54, 1.807) is 4.90 Å². The summed E-state index contributed by atoms with van der Waals surface area (Å²) in [5, 5.41) is 0. The number of carbonyl (C=O) groups is 1. The number of amides is 1. The summed E-state index contributed by atoms with van der Waals surface area (Å²) in [6.07, 6.45) is 1.84. The summed E-state index contributed by atoms with van der Waals surface area (Å²) < 4.78 is 7.87. The van der Waals surface area contributed by atoms with Crippen molar-refractivity contribution in [1.29, 1.82) is 0 Å². The van der Waals surface area contributed by atoms with Crippen molar-refractivity contribution in [3.05, 3.63) is 60.4 Å². The van der Waals surface area contributed by atoms with E-state index in [9.17, 15) is 4.79 Å². The van der Waals surface area contributed by atoms with Gasteiger partial charge < -0.3 is 14.2 Å². The molecule has 2 heterocycles. The molecule has 0 radical (unpaired) electrons. The van der Waals surface area contributed by atoms with Crippen LogP contribution in [0.5, 0.6) is 5.75 Å². The van der Waals surface area contributed by atoms with E-state index in [1.807, 2.05) is 49.8 Å². The second-order valence-corrected chi connectivity index (χ2v) is 6.91. The van der Waals surface area contributed by atoms with Crippen LogP contribution in [0.1, 0.15) is 5.56 Å². The summed E-state index contributed by atoms with van der Waals surface area (Å²) in [5.74, 6) is 1.05. The molecule has 1 aromatic heterocycles. The van der Waals surface area contributed by atoms with Gasteiger partial charge in [-0.05, 0) is 18.2 Å². The highest BCUT2D eigenvalue weighted by molar-refractivity contribution is 5.78. The highest BCUT2D eigenvalue weighted by Crippen LogP contribution is 2.22. The van der Waals surface area contributed by atoms with Crippen LogP contribution in [0, 0.1) is 0 Å². The van der Waals surface area contributed by atoms with Crippen molar-refractivity contribution in [3.63, 3.8) is 0 Å². The molecule has 0 aliphatic carbocycles. The lowest BCUT2D eigenvalue weighted by atomic mass is 10.2. The molecule has 1 aliphatic heterocycles. The Hall–Kier alpha value is -2.86. The Morgan fingerprint density at radius 1 is 1.19 bits per heavy atom. The summed E-state index contributed by atoms with van der Waals surface area (Å²) in [5.41, 5.74) is 3.21. The third-order valence-corrected chi connectivity index (χ3v) is 5.02. The minimum absolute atomic E-state index is 0.124. The fraction of sp³-hybridized carbons (Fsp3) is 0.333. The van der Waals surface area contributed by atoms with E-state index in [-0.39, 0.29) is 5.91 Å². The Labute approximate surface area is 159 Å². The maximum Gasteiger partial charge on any atom is 0.236 e. The van der Waals surface area contributed by atoms with Crippen LogP contribution in [-0.2, 0) is 17.9 Å². The van der Waals surface area contributed by atoms with Crippen molar-refractivity contribution in [1.82, 2.24) is 19.4 Å². The molecule has 140 valence electrons. The topological polar surface area (TPSA) is 50.6 Å². The number of likely N-dealkylation sites (N-methyl/N-ethyl adjacent to an activating group) is 1. The fourth-order valence-electron chi connectivity index (χ4n) is 3.40. The zero-order chi connectivity index (χ0) is 18.6. The Kier molecular flexibility index (Phi) is 5.07. The van der Waals surface area contributed by atoms with Gasteiger partial charge in [-0.25, -0.2) is 4.98 Å². The molecule has 2 aromatic carbocycles. The number of fused-ring (bicyclic) bond motifs is 2. The number of hydrogen-bond donors (Lipinski definition) is 0. The van der Waals surface area contributed by atoms with E-state index >= 15 is 0 Å². The molecule has 0 saturated carbocycles. The van der Waals surface area contributed by atoms with Crippen molar-refractivity contribution < 1.29 is 9.53 Å². The van der Waals surface area contributed by atoms with Crippen molar-refractivity contribution in [2.45, 2.75) is 13.1 Å². The summed E-state index contributed by atoms with van der Waals surface area (Å²) in [7, 11) is 1.86. The van der Waals surface area contributed by atoms with Crippen LogP contribution >= 0.6 is 0 Å². The number of imidazole rings is 1. The minimum Gasteiger partial charge on any atom is -0.492 e. The maximum atomic E-state index is 12.7. The second-order valence-electron chi connectivity index (χ2n) is 6.91. The van der Waals surface area contributed by atoms with E-state index < -0.39 is 0 Å². The Morgan fingerprint density at radius 3 is 2.93 bits per heavy atom. The largest absolute Gasteiger partial charge is 0.492 e. The SMILES string of the molecule is CN(CCn1cnc2ccccc21)C(=O)CN1CCOc2ccccc2C1. The number of ether oxygens (including phenoxy) is 1. The number of benzene rings is 2. The van der Waals surface area contributed by atoms with Gasteiger partial charge in [-0.3, -0.25) is 9.69 Å². The van der Waals surface area contributed by atoms with E-state index in [2.05, 4.69) is 26.6 Å². The summed E-state index contributed by atoms with van der Waals surface area (Å²) in [6.45, 7) is 3.88. The van der Waals surface area contributed by atoms with E-state index in [4.69, 9.17) is 4.74 Å². The van der Waals surface area contributed by atoms with Gasteiger partial charge >= 0.3 is 0 Å². The lowest BCUT2D eigenvalue weighted by Crippen LogP contribution is -2.40. The van der Waals surface area contributed by atoms with Crippen LogP contribution in [0.25, 0.3) is 11.0 Å². The van der Waals surface area contributed by atoms with Crippen molar-refractivity contribution in [2.24, 2.45) is 0 Å². The van der Waals surface area contributed by atoms with Gasteiger partial charge in [0.25, 0.3) is 0 Å². The number of aromatic nitrogens is 2. The normalized spacial score (nSPS) is 14.4. The Balaban J connectivity index is 1.34. The quantitative estimate of drug-likeness (QED) is 0.698. The zero-order valence-corrected chi connectivity index (χ0v) is 15.5. The Morgan fingerprint density at radius 2 is 2.00 bits per heavy atom. The molecule has 0 bridgehead atoms. The van der Waals surface area contributed by atoms with E-state index in [0.717, 1.165) is 42.0 Å². The molecule has 0 N–H and O–H groups in total.